The van der Waals surface area contributed by atoms with Crippen LogP contribution in [0.25, 0.3) is 11.0 Å². The largest absolute Gasteiger partial charge is 0.367 e. The highest BCUT2D eigenvalue weighted by Gasteiger charge is 2.18. The van der Waals surface area contributed by atoms with Crippen LogP contribution in [0, 0.1) is 0 Å². The molecule has 0 unspecified atom stereocenters. The lowest BCUT2D eigenvalue weighted by molar-refractivity contribution is -0.604. The topological polar surface area (TPSA) is 51.4 Å². The Morgan fingerprint density at radius 3 is 2.67 bits per heavy atom. The first-order valence-corrected chi connectivity index (χ1v) is 5.81. The molecule has 1 heterocycles. The Kier molecular flexibility index (Phi) is 3.57. The number of fused-ring (bicyclic) bond motifs is 1. The van der Waals surface area contributed by atoms with Crippen molar-refractivity contribution in [3.05, 3.63) is 24.3 Å². The fraction of sp³-hybridized carbons (Fsp3) is 0.417. The van der Waals surface area contributed by atoms with Crippen molar-refractivity contribution in [2.75, 3.05) is 34.9 Å². The van der Waals surface area contributed by atoms with Gasteiger partial charge in [-0.1, -0.05) is 17.2 Å². The third kappa shape index (κ3) is 2.48. The van der Waals surface area contributed by atoms with Gasteiger partial charge in [0.1, 0.15) is 6.67 Å². The molecule has 1 N–H and O–H groups in total. The normalized spacial score (nSPS) is 12.4. The first-order valence-electron chi connectivity index (χ1n) is 5.81. The second-order valence-electron chi connectivity index (χ2n) is 4.61. The summed E-state index contributed by atoms with van der Waals surface area (Å²) in [6, 6.07) is 7.96. The fourth-order valence-electron chi connectivity index (χ4n) is 1.67. The monoisotopic (exact) mass is 247 g/mol. The van der Waals surface area contributed by atoms with E-state index in [1.807, 2.05) is 66.9 Å². The molecule has 0 saturated carbocycles. The maximum absolute atomic E-state index is 4.58. The number of benzene rings is 1. The highest BCUT2D eigenvalue weighted by molar-refractivity contribution is 5.78. The van der Waals surface area contributed by atoms with E-state index in [0.717, 1.165) is 17.0 Å². The molecular formula is C12H19N6+. The summed E-state index contributed by atoms with van der Waals surface area (Å²) in [7, 11) is 7.92. The molecule has 6 nitrogen and oxygen atoms in total. The molecule has 2 rings (SSSR count). The summed E-state index contributed by atoms with van der Waals surface area (Å²) in [6.07, 6.45) is 0. The molecule has 0 aliphatic rings. The van der Waals surface area contributed by atoms with Crippen LogP contribution in [-0.2, 0) is 0 Å². The Labute approximate surface area is 107 Å². The van der Waals surface area contributed by atoms with Crippen molar-refractivity contribution in [1.29, 1.82) is 0 Å². The van der Waals surface area contributed by atoms with Gasteiger partial charge in [-0.15, -0.1) is 14.9 Å². The Bertz CT molecular complexity index is 554. The van der Waals surface area contributed by atoms with Gasteiger partial charge < -0.3 is 0 Å². The van der Waals surface area contributed by atoms with E-state index in [1.54, 1.807) is 0 Å². The molecule has 18 heavy (non-hydrogen) atoms. The molecule has 0 saturated heterocycles. The zero-order chi connectivity index (χ0) is 13.1. The summed E-state index contributed by atoms with van der Waals surface area (Å²) in [6.45, 7) is 0.633. The molecule has 0 aliphatic heterocycles. The minimum Gasteiger partial charge on any atom is -0.285 e. The fourth-order valence-corrected chi connectivity index (χ4v) is 1.67. The van der Waals surface area contributed by atoms with Gasteiger partial charge in [0.05, 0.1) is 0 Å². The van der Waals surface area contributed by atoms with Gasteiger partial charge in [-0.05, 0) is 26.2 Å². The first kappa shape index (κ1) is 12.5. The van der Waals surface area contributed by atoms with Gasteiger partial charge in [0.15, 0.2) is 11.0 Å². The smallest absolute Gasteiger partial charge is 0.285 e. The number of nitrogens with one attached hydrogen (secondary N) is 1. The first-order chi connectivity index (χ1) is 8.59. The van der Waals surface area contributed by atoms with Gasteiger partial charge in [0.25, 0.3) is 0 Å². The third-order valence-corrected chi connectivity index (χ3v) is 2.49. The van der Waals surface area contributed by atoms with E-state index in [-0.39, 0.29) is 0 Å². The van der Waals surface area contributed by atoms with Crippen LogP contribution in [0.1, 0.15) is 0 Å². The minimum atomic E-state index is 0.633. The molecule has 1 aromatic carbocycles. The van der Waals surface area contributed by atoms with Crippen LogP contribution in [0.15, 0.2) is 29.3 Å². The Morgan fingerprint density at radius 2 is 2.00 bits per heavy atom. The van der Waals surface area contributed by atoms with Crippen molar-refractivity contribution in [1.82, 2.24) is 20.1 Å². The van der Waals surface area contributed by atoms with Crippen LogP contribution in [0.2, 0.25) is 0 Å². The molecule has 0 bridgehead atoms. The number of hydrogen-bond acceptors (Lipinski definition) is 3. The third-order valence-electron chi connectivity index (χ3n) is 2.49. The zero-order valence-corrected chi connectivity index (χ0v) is 11.3. The standard InChI is InChI=1S/C12H18N6/c1-16(2)9-13-12(17(3)4)18-11-8-6-5-7-10(11)14-15-18/h5-8H,9H2,1-4H3/p+1. The molecule has 1 aromatic heterocycles. The Hall–Kier alpha value is -1.95. The number of para-hydroxylation sites is 2. The van der Waals surface area contributed by atoms with Crippen LogP contribution in [0.3, 0.4) is 0 Å². The summed E-state index contributed by atoms with van der Waals surface area (Å²) in [4.78, 5) is 8.56. The number of aromatic nitrogens is 3. The molecule has 0 amide bonds. The lowest BCUT2D eigenvalue weighted by atomic mass is 10.3. The molecule has 0 fully saturated rings. The van der Waals surface area contributed by atoms with Gasteiger partial charge >= 0.3 is 5.96 Å². The van der Waals surface area contributed by atoms with Crippen LogP contribution in [0.5, 0.6) is 0 Å². The van der Waals surface area contributed by atoms with Crippen LogP contribution in [0.4, 0.5) is 0 Å². The molecule has 0 aliphatic carbocycles. The lowest BCUT2D eigenvalue weighted by Gasteiger charge is -2.10. The maximum Gasteiger partial charge on any atom is 0.367 e. The summed E-state index contributed by atoms with van der Waals surface area (Å²) in [5, 5.41) is 7.26. The van der Waals surface area contributed by atoms with Gasteiger partial charge in [0, 0.05) is 14.1 Å². The van der Waals surface area contributed by atoms with Crippen molar-refractivity contribution in [3.63, 3.8) is 0 Å². The van der Waals surface area contributed by atoms with Crippen molar-refractivity contribution in [2.45, 2.75) is 0 Å². The van der Waals surface area contributed by atoms with E-state index in [1.165, 1.54) is 0 Å². The summed E-state index contributed by atoms with van der Waals surface area (Å²) >= 11 is 0. The molecule has 6 heteroatoms. The van der Waals surface area contributed by atoms with Crippen molar-refractivity contribution in [2.24, 2.45) is 4.99 Å². The van der Waals surface area contributed by atoms with Crippen molar-refractivity contribution >= 4 is 17.0 Å². The van der Waals surface area contributed by atoms with Gasteiger partial charge in [0.2, 0.25) is 0 Å². The predicted octanol–water partition coefficient (Wildman–Crippen LogP) is 0.135. The quantitative estimate of drug-likeness (QED) is 0.466. The van der Waals surface area contributed by atoms with E-state index in [2.05, 4.69) is 15.3 Å². The number of aliphatic imine (C=N–C) groups is 1. The Balaban J connectivity index is 2.45. The second kappa shape index (κ2) is 5.14. The van der Waals surface area contributed by atoms with E-state index >= 15 is 0 Å². The van der Waals surface area contributed by atoms with Gasteiger partial charge in [-0.25, -0.2) is 0 Å². The number of aromatic amines is 1. The SMILES string of the molecule is CN(C)CN=C(N(C)C)[n+]1[nH]nc2ccccc21. The zero-order valence-electron chi connectivity index (χ0n) is 11.3. The average Bonchev–Trinajstić information content (AvgIpc) is 2.73. The van der Waals surface area contributed by atoms with E-state index < -0.39 is 0 Å². The van der Waals surface area contributed by atoms with Gasteiger partial charge in [-0.3, -0.25) is 9.80 Å². The lowest BCUT2D eigenvalue weighted by Crippen LogP contribution is -2.53. The van der Waals surface area contributed by atoms with E-state index in [0.29, 0.717) is 6.67 Å². The van der Waals surface area contributed by atoms with Crippen molar-refractivity contribution < 1.29 is 4.68 Å². The molecule has 2 aromatic rings. The molecule has 96 valence electrons. The molecular weight excluding hydrogens is 228 g/mol. The summed E-state index contributed by atoms with van der Waals surface area (Å²) < 4.78 is 1.89. The highest BCUT2D eigenvalue weighted by Crippen LogP contribution is 2.04. The maximum atomic E-state index is 4.58. The van der Waals surface area contributed by atoms with E-state index in [9.17, 15) is 0 Å². The van der Waals surface area contributed by atoms with E-state index in [4.69, 9.17) is 0 Å². The summed E-state index contributed by atoms with van der Waals surface area (Å²) in [5.74, 6) is 0.831. The number of hydrogen-bond donors (Lipinski definition) is 1. The second-order valence-corrected chi connectivity index (χ2v) is 4.61. The Morgan fingerprint density at radius 1 is 1.28 bits per heavy atom. The predicted molar refractivity (Wildman–Crippen MR) is 71.4 cm³/mol. The van der Waals surface area contributed by atoms with Crippen LogP contribution >= 0.6 is 0 Å². The van der Waals surface area contributed by atoms with Crippen LogP contribution < -0.4 is 4.68 Å². The molecule has 0 radical (unpaired) electrons. The number of H-pyrrole nitrogens is 1. The number of rotatable bonds is 2. The minimum absolute atomic E-state index is 0.633. The molecule has 0 spiro atoms. The highest BCUT2D eigenvalue weighted by atomic mass is 15.5. The van der Waals surface area contributed by atoms with Crippen molar-refractivity contribution in [3.8, 4) is 0 Å². The van der Waals surface area contributed by atoms with Crippen LogP contribution in [-0.4, -0.2) is 60.9 Å². The number of nitrogens with zero attached hydrogens (tertiary/aromatic N) is 5. The molecule has 0 atom stereocenters. The summed E-state index contributed by atoms with van der Waals surface area (Å²) in [5.41, 5.74) is 1.95. The van der Waals surface area contributed by atoms with Gasteiger partial charge in [-0.2, -0.15) is 0 Å². The average molecular weight is 247 g/mol.